The molecule has 1 amide bonds. The number of rotatable bonds is 4. The number of halogens is 3. The molecule has 1 aliphatic rings. The van der Waals surface area contributed by atoms with Crippen molar-refractivity contribution >= 4 is 5.91 Å². The number of hydrogen-bond donors (Lipinski definition) is 1. The van der Waals surface area contributed by atoms with Crippen molar-refractivity contribution in [1.82, 2.24) is 15.1 Å². The molecule has 1 saturated carbocycles. The molecular weight excluding hydrogens is 367 g/mol. The number of alkyl halides is 3. The Hall–Kier alpha value is -2.31. The van der Waals surface area contributed by atoms with Crippen molar-refractivity contribution < 1.29 is 18.0 Å². The van der Waals surface area contributed by atoms with E-state index in [1.807, 2.05) is 45.0 Å². The van der Waals surface area contributed by atoms with E-state index >= 15 is 0 Å². The van der Waals surface area contributed by atoms with E-state index in [0.717, 1.165) is 16.9 Å². The number of aryl methyl sites for hydroxylation is 1. The first kappa shape index (κ1) is 20.4. The molecule has 0 spiro atoms. The van der Waals surface area contributed by atoms with Gasteiger partial charge in [0.1, 0.15) is 0 Å². The quantitative estimate of drug-likeness (QED) is 0.780. The lowest BCUT2D eigenvalue weighted by molar-refractivity contribution is -0.183. The van der Waals surface area contributed by atoms with Gasteiger partial charge in [0.05, 0.1) is 29.1 Å². The summed E-state index contributed by atoms with van der Waals surface area (Å²) in [5.41, 5.74) is 3.15. The maximum absolute atomic E-state index is 13.0. The summed E-state index contributed by atoms with van der Waals surface area (Å²) in [6.07, 6.45) is -1.58. The number of carbonyl (C=O) groups is 1. The molecule has 1 heterocycles. The highest BCUT2D eigenvalue weighted by Gasteiger charge is 2.42. The van der Waals surface area contributed by atoms with Crippen LogP contribution in [0.4, 0.5) is 13.2 Å². The second kappa shape index (κ2) is 7.97. The molecule has 2 atom stereocenters. The number of benzene rings is 1. The van der Waals surface area contributed by atoms with Crippen molar-refractivity contribution in [2.45, 2.75) is 64.6 Å². The Bertz CT molecular complexity index is 824. The number of aromatic nitrogens is 2. The fraction of sp³-hybridized carbons (Fsp3) is 0.524. The lowest BCUT2D eigenvalue weighted by Crippen LogP contribution is -2.41. The summed E-state index contributed by atoms with van der Waals surface area (Å²) in [5, 5.41) is 7.20. The first-order valence-corrected chi connectivity index (χ1v) is 9.69. The molecule has 0 bridgehead atoms. The Kier molecular flexibility index (Phi) is 5.82. The van der Waals surface area contributed by atoms with Gasteiger partial charge in [-0.05, 0) is 44.2 Å². The molecule has 0 aliphatic heterocycles. The van der Waals surface area contributed by atoms with E-state index < -0.39 is 18.1 Å². The standard InChI is InChI=1S/C21H26F3N3O/c1-13(2)19-18(12-25-27(19)17-9-7-14(3)8-10-17)20(28)26-16-6-4-5-15(11-16)21(22,23)24/h7-10,12-13,15-16H,4-6,11H2,1-3H3,(H,26,28). The molecular formula is C21H26F3N3O. The Morgan fingerprint density at radius 3 is 2.50 bits per heavy atom. The maximum atomic E-state index is 13.0. The van der Waals surface area contributed by atoms with Crippen molar-refractivity contribution in [1.29, 1.82) is 0 Å². The van der Waals surface area contributed by atoms with Crippen molar-refractivity contribution in [2.24, 2.45) is 5.92 Å². The molecule has 1 N–H and O–H groups in total. The zero-order chi connectivity index (χ0) is 20.5. The van der Waals surface area contributed by atoms with Gasteiger partial charge < -0.3 is 5.32 Å². The molecule has 3 rings (SSSR count). The minimum Gasteiger partial charge on any atom is -0.349 e. The monoisotopic (exact) mass is 393 g/mol. The van der Waals surface area contributed by atoms with Crippen molar-refractivity contribution in [3.63, 3.8) is 0 Å². The zero-order valence-corrected chi connectivity index (χ0v) is 16.4. The van der Waals surface area contributed by atoms with Crippen LogP contribution in [-0.4, -0.2) is 27.9 Å². The lowest BCUT2D eigenvalue weighted by atomic mass is 9.85. The summed E-state index contributed by atoms with van der Waals surface area (Å²) in [4.78, 5) is 12.8. The number of nitrogens with one attached hydrogen (secondary N) is 1. The maximum Gasteiger partial charge on any atom is 0.391 e. The summed E-state index contributed by atoms with van der Waals surface area (Å²) in [6, 6.07) is 7.35. The third kappa shape index (κ3) is 4.39. The molecule has 1 aromatic heterocycles. The van der Waals surface area contributed by atoms with Crippen LogP contribution >= 0.6 is 0 Å². The lowest BCUT2D eigenvalue weighted by Gasteiger charge is -2.31. The van der Waals surface area contributed by atoms with Crippen LogP contribution in [0.15, 0.2) is 30.5 Å². The highest BCUT2D eigenvalue weighted by molar-refractivity contribution is 5.95. The van der Waals surface area contributed by atoms with Gasteiger partial charge in [-0.2, -0.15) is 18.3 Å². The highest BCUT2D eigenvalue weighted by Crippen LogP contribution is 2.37. The van der Waals surface area contributed by atoms with E-state index in [2.05, 4.69) is 10.4 Å². The average Bonchev–Trinajstić information content (AvgIpc) is 3.07. The fourth-order valence-corrected chi connectivity index (χ4v) is 3.86. The third-order valence-corrected chi connectivity index (χ3v) is 5.35. The SMILES string of the molecule is Cc1ccc(-n2ncc(C(=O)NC3CCCC(C(F)(F)F)C3)c2C(C)C)cc1. The Morgan fingerprint density at radius 1 is 1.21 bits per heavy atom. The predicted molar refractivity (Wildman–Crippen MR) is 102 cm³/mol. The van der Waals surface area contributed by atoms with Gasteiger partial charge in [-0.3, -0.25) is 4.79 Å². The molecule has 4 nitrogen and oxygen atoms in total. The second-order valence-electron chi connectivity index (χ2n) is 7.92. The smallest absolute Gasteiger partial charge is 0.349 e. The number of hydrogen-bond acceptors (Lipinski definition) is 2. The van der Waals surface area contributed by atoms with Gasteiger partial charge in [-0.25, -0.2) is 4.68 Å². The molecule has 2 aromatic rings. The van der Waals surface area contributed by atoms with Crippen LogP contribution < -0.4 is 5.32 Å². The molecule has 1 aromatic carbocycles. The Labute approximate surface area is 163 Å². The van der Waals surface area contributed by atoms with Crippen molar-refractivity contribution in [3.05, 3.63) is 47.3 Å². The average molecular weight is 393 g/mol. The Balaban J connectivity index is 1.81. The molecule has 0 radical (unpaired) electrons. The Morgan fingerprint density at radius 2 is 1.89 bits per heavy atom. The molecule has 0 saturated heterocycles. The van der Waals surface area contributed by atoms with E-state index in [4.69, 9.17) is 0 Å². The van der Waals surface area contributed by atoms with Gasteiger partial charge in [-0.15, -0.1) is 0 Å². The van der Waals surface area contributed by atoms with Crippen molar-refractivity contribution in [2.75, 3.05) is 0 Å². The highest BCUT2D eigenvalue weighted by atomic mass is 19.4. The van der Waals surface area contributed by atoms with E-state index in [9.17, 15) is 18.0 Å². The minimum atomic E-state index is -4.21. The van der Waals surface area contributed by atoms with E-state index in [-0.39, 0.29) is 24.7 Å². The zero-order valence-electron chi connectivity index (χ0n) is 16.4. The second-order valence-corrected chi connectivity index (χ2v) is 7.92. The van der Waals surface area contributed by atoms with E-state index in [1.165, 1.54) is 6.20 Å². The van der Waals surface area contributed by atoms with Crippen molar-refractivity contribution in [3.8, 4) is 5.69 Å². The molecule has 2 unspecified atom stereocenters. The van der Waals surface area contributed by atoms with Gasteiger partial charge in [0.15, 0.2) is 0 Å². The minimum absolute atomic E-state index is 0.0267. The summed E-state index contributed by atoms with van der Waals surface area (Å²) >= 11 is 0. The first-order chi connectivity index (χ1) is 13.2. The number of carbonyl (C=O) groups excluding carboxylic acids is 1. The molecule has 7 heteroatoms. The van der Waals surface area contributed by atoms with E-state index in [1.54, 1.807) is 4.68 Å². The normalized spacial score (nSPS) is 20.4. The molecule has 1 aliphatic carbocycles. The molecule has 152 valence electrons. The first-order valence-electron chi connectivity index (χ1n) is 9.69. The van der Waals surface area contributed by atoms with Crippen LogP contribution in [0.3, 0.4) is 0 Å². The topological polar surface area (TPSA) is 46.9 Å². The van der Waals surface area contributed by atoms with Crippen LogP contribution in [0.5, 0.6) is 0 Å². The van der Waals surface area contributed by atoms with Gasteiger partial charge in [0.2, 0.25) is 0 Å². The summed E-state index contributed by atoms with van der Waals surface area (Å²) in [7, 11) is 0. The van der Waals surface area contributed by atoms with Crippen LogP contribution in [0.1, 0.15) is 67.1 Å². The molecule has 28 heavy (non-hydrogen) atoms. The fourth-order valence-electron chi connectivity index (χ4n) is 3.86. The van der Waals surface area contributed by atoms with Crippen LogP contribution in [0, 0.1) is 12.8 Å². The largest absolute Gasteiger partial charge is 0.391 e. The molecule has 1 fully saturated rings. The van der Waals surface area contributed by atoms with E-state index in [0.29, 0.717) is 18.4 Å². The van der Waals surface area contributed by atoms with Gasteiger partial charge in [-0.1, -0.05) is 38.0 Å². The third-order valence-electron chi connectivity index (χ3n) is 5.35. The number of nitrogens with zero attached hydrogens (tertiary/aromatic N) is 2. The van der Waals surface area contributed by atoms with Crippen LogP contribution in [0.2, 0.25) is 0 Å². The summed E-state index contributed by atoms with van der Waals surface area (Å²) in [6.45, 7) is 5.94. The van der Waals surface area contributed by atoms with Crippen LogP contribution in [-0.2, 0) is 0 Å². The predicted octanol–water partition coefficient (Wildman–Crippen LogP) is 5.16. The van der Waals surface area contributed by atoms with Gasteiger partial charge in [0.25, 0.3) is 5.91 Å². The summed E-state index contributed by atoms with van der Waals surface area (Å²) in [5.74, 6) is -1.67. The number of amides is 1. The van der Waals surface area contributed by atoms with Crippen LogP contribution in [0.25, 0.3) is 5.69 Å². The van der Waals surface area contributed by atoms with Gasteiger partial charge >= 0.3 is 6.18 Å². The van der Waals surface area contributed by atoms with Gasteiger partial charge in [0, 0.05) is 6.04 Å². The summed E-state index contributed by atoms with van der Waals surface area (Å²) < 4.78 is 40.8.